The maximum absolute atomic E-state index is 5.90. The highest BCUT2D eigenvalue weighted by Crippen LogP contribution is 2.33. The summed E-state index contributed by atoms with van der Waals surface area (Å²) in [5.41, 5.74) is 0.762. The molecule has 0 unspecified atom stereocenters. The number of likely N-dealkylation sites (N-methyl/N-ethyl adjacent to an activating group) is 3. The van der Waals surface area contributed by atoms with Crippen LogP contribution in [0.2, 0.25) is 0 Å². The second-order valence-corrected chi connectivity index (χ2v) is 6.85. The molecule has 25 heavy (non-hydrogen) atoms. The smallest absolute Gasteiger partial charge is 0.129 e. The van der Waals surface area contributed by atoms with Crippen LogP contribution in [-0.4, -0.2) is 96.4 Å². The molecule has 0 aromatic heterocycles. The molecule has 0 fully saturated rings. The van der Waals surface area contributed by atoms with Crippen LogP contribution in [0.15, 0.2) is 12.1 Å². The third-order valence-corrected chi connectivity index (χ3v) is 3.54. The summed E-state index contributed by atoms with van der Waals surface area (Å²) in [7, 11) is 12.1. The van der Waals surface area contributed by atoms with Crippen LogP contribution in [0.25, 0.3) is 0 Å². The minimum absolute atomic E-state index is 0.591. The Kier molecular flexibility index (Phi) is 9.63. The van der Waals surface area contributed by atoms with Gasteiger partial charge in [-0.25, -0.2) is 0 Å². The van der Waals surface area contributed by atoms with Gasteiger partial charge in [0.05, 0.1) is 0 Å². The average Bonchev–Trinajstić information content (AvgIpc) is 2.50. The first-order valence-electron chi connectivity index (χ1n) is 8.62. The van der Waals surface area contributed by atoms with E-state index in [-0.39, 0.29) is 0 Å². The minimum Gasteiger partial charge on any atom is -0.492 e. The van der Waals surface area contributed by atoms with Gasteiger partial charge < -0.3 is 28.9 Å². The summed E-state index contributed by atoms with van der Waals surface area (Å²) in [6, 6.07) is 3.79. The molecule has 0 heterocycles. The quantitative estimate of drug-likeness (QED) is 0.570. The van der Waals surface area contributed by atoms with Crippen LogP contribution in [0.4, 0.5) is 0 Å². The molecule has 0 bridgehead atoms. The Morgan fingerprint density at radius 1 is 0.680 bits per heavy atom. The van der Waals surface area contributed by atoms with Crippen molar-refractivity contribution < 1.29 is 14.2 Å². The molecule has 1 rings (SSSR count). The molecule has 1 radical (unpaired) electrons. The molecule has 1 aromatic carbocycles. The average molecular weight is 352 g/mol. The van der Waals surface area contributed by atoms with Gasteiger partial charge in [-0.3, -0.25) is 0 Å². The van der Waals surface area contributed by atoms with Gasteiger partial charge in [0.1, 0.15) is 37.1 Å². The van der Waals surface area contributed by atoms with Crippen molar-refractivity contribution in [3.63, 3.8) is 0 Å². The van der Waals surface area contributed by atoms with Crippen molar-refractivity contribution in [2.75, 3.05) is 81.7 Å². The Morgan fingerprint density at radius 2 is 1.04 bits per heavy atom. The maximum atomic E-state index is 5.90. The van der Waals surface area contributed by atoms with Gasteiger partial charge in [-0.05, 0) is 49.2 Å². The van der Waals surface area contributed by atoms with Crippen LogP contribution in [0.1, 0.15) is 5.56 Å². The number of hydrogen-bond acceptors (Lipinski definition) is 6. The van der Waals surface area contributed by atoms with Crippen LogP contribution < -0.4 is 14.2 Å². The first kappa shape index (κ1) is 21.5. The summed E-state index contributed by atoms with van der Waals surface area (Å²) in [5, 5.41) is 0. The number of ether oxygens (including phenoxy) is 3. The normalized spacial score (nSPS) is 11.4. The first-order chi connectivity index (χ1) is 11.8. The molecular weight excluding hydrogens is 318 g/mol. The van der Waals surface area contributed by atoms with Crippen molar-refractivity contribution >= 4 is 0 Å². The third kappa shape index (κ3) is 8.95. The lowest BCUT2D eigenvalue weighted by Gasteiger charge is -2.19. The zero-order valence-corrected chi connectivity index (χ0v) is 16.7. The van der Waals surface area contributed by atoms with E-state index in [2.05, 4.69) is 21.6 Å². The van der Waals surface area contributed by atoms with Gasteiger partial charge in [-0.2, -0.15) is 0 Å². The molecule has 6 heteroatoms. The summed E-state index contributed by atoms with van der Waals surface area (Å²) in [6.07, 6.45) is 0. The predicted molar refractivity (Wildman–Crippen MR) is 103 cm³/mol. The minimum atomic E-state index is 0.591. The van der Waals surface area contributed by atoms with Crippen LogP contribution >= 0.6 is 0 Å². The number of nitrogens with zero attached hydrogens (tertiary/aromatic N) is 3. The Balaban J connectivity index is 2.83. The molecule has 0 saturated heterocycles. The van der Waals surface area contributed by atoms with Crippen molar-refractivity contribution in [2.24, 2.45) is 0 Å². The largest absolute Gasteiger partial charge is 0.492 e. The van der Waals surface area contributed by atoms with E-state index in [1.807, 2.05) is 54.4 Å². The van der Waals surface area contributed by atoms with Crippen LogP contribution in [0, 0.1) is 6.92 Å². The Labute approximate surface area is 153 Å². The van der Waals surface area contributed by atoms with E-state index in [9.17, 15) is 0 Å². The molecule has 0 aliphatic heterocycles. The molecule has 0 amide bonds. The molecule has 0 N–H and O–H groups in total. The van der Waals surface area contributed by atoms with Crippen molar-refractivity contribution in [1.82, 2.24) is 14.7 Å². The Morgan fingerprint density at radius 3 is 1.40 bits per heavy atom. The lowest BCUT2D eigenvalue weighted by Crippen LogP contribution is -2.21. The maximum Gasteiger partial charge on any atom is 0.129 e. The molecule has 0 aliphatic rings. The molecule has 6 nitrogen and oxygen atoms in total. The molecule has 143 valence electrons. The van der Waals surface area contributed by atoms with Crippen LogP contribution in [0.5, 0.6) is 17.2 Å². The van der Waals surface area contributed by atoms with E-state index < -0.39 is 0 Å². The van der Waals surface area contributed by atoms with Gasteiger partial charge in [0.15, 0.2) is 0 Å². The number of hydrogen-bond donors (Lipinski definition) is 0. The van der Waals surface area contributed by atoms with Crippen molar-refractivity contribution in [3.05, 3.63) is 24.6 Å². The second-order valence-electron chi connectivity index (χ2n) is 6.85. The monoisotopic (exact) mass is 352 g/mol. The summed E-state index contributed by atoms with van der Waals surface area (Å²) >= 11 is 0. The molecule has 0 spiro atoms. The van der Waals surface area contributed by atoms with E-state index >= 15 is 0 Å². The van der Waals surface area contributed by atoms with E-state index in [0.29, 0.717) is 31.3 Å². The van der Waals surface area contributed by atoms with E-state index in [1.165, 1.54) is 0 Å². The van der Waals surface area contributed by atoms with Crippen molar-refractivity contribution in [2.45, 2.75) is 0 Å². The first-order valence-corrected chi connectivity index (χ1v) is 8.62. The predicted octanol–water partition coefficient (Wildman–Crippen LogP) is 1.69. The molecule has 0 saturated carbocycles. The van der Waals surface area contributed by atoms with Gasteiger partial charge in [0.2, 0.25) is 0 Å². The zero-order valence-electron chi connectivity index (χ0n) is 16.7. The summed E-state index contributed by atoms with van der Waals surface area (Å²) < 4.78 is 17.7. The summed E-state index contributed by atoms with van der Waals surface area (Å²) in [6.45, 7) is 8.43. The standard InChI is InChI=1S/C19H34N3O3/c1-16-18(24-12-9-21(4)5)14-17(23-11-8-20(2)3)15-19(16)25-13-10-22(6)7/h14-15H,1,8-13H2,2-7H3. The lowest BCUT2D eigenvalue weighted by molar-refractivity contribution is 0.240. The fourth-order valence-electron chi connectivity index (χ4n) is 1.96. The summed E-state index contributed by atoms with van der Waals surface area (Å²) in [5.74, 6) is 2.17. The van der Waals surface area contributed by atoms with Gasteiger partial charge in [-0.15, -0.1) is 0 Å². The summed E-state index contributed by atoms with van der Waals surface area (Å²) in [4.78, 5) is 6.24. The molecule has 1 aromatic rings. The molecule has 0 atom stereocenters. The van der Waals surface area contributed by atoms with Gasteiger partial charge >= 0.3 is 0 Å². The molecular formula is C19H34N3O3. The van der Waals surface area contributed by atoms with E-state index in [4.69, 9.17) is 14.2 Å². The van der Waals surface area contributed by atoms with Gasteiger partial charge in [0, 0.05) is 37.3 Å². The topological polar surface area (TPSA) is 37.4 Å². The number of benzene rings is 1. The van der Waals surface area contributed by atoms with E-state index in [0.717, 1.165) is 30.9 Å². The van der Waals surface area contributed by atoms with Crippen LogP contribution in [-0.2, 0) is 0 Å². The SMILES string of the molecule is [CH2]c1c(OCCN(C)C)cc(OCCN(C)C)cc1OCCN(C)C. The number of rotatable bonds is 12. The van der Waals surface area contributed by atoms with Crippen LogP contribution in [0.3, 0.4) is 0 Å². The second kappa shape index (κ2) is 11.2. The van der Waals surface area contributed by atoms with Gasteiger partial charge in [0.25, 0.3) is 0 Å². The third-order valence-electron chi connectivity index (χ3n) is 3.54. The highest BCUT2D eigenvalue weighted by molar-refractivity contribution is 5.52. The zero-order chi connectivity index (χ0) is 18.8. The Hall–Kier alpha value is -1.50. The highest BCUT2D eigenvalue weighted by Gasteiger charge is 2.12. The van der Waals surface area contributed by atoms with Crippen molar-refractivity contribution in [1.29, 1.82) is 0 Å². The molecule has 0 aliphatic carbocycles. The highest BCUT2D eigenvalue weighted by atomic mass is 16.5. The fourth-order valence-corrected chi connectivity index (χ4v) is 1.96. The Bertz CT molecular complexity index is 470. The lowest BCUT2D eigenvalue weighted by atomic mass is 10.2. The van der Waals surface area contributed by atoms with Crippen molar-refractivity contribution in [3.8, 4) is 17.2 Å². The van der Waals surface area contributed by atoms with E-state index in [1.54, 1.807) is 0 Å². The fraction of sp³-hybridized carbons (Fsp3) is 0.632. The van der Waals surface area contributed by atoms with Gasteiger partial charge in [-0.1, -0.05) is 0 Å².